The van der Waals surface area contributed by atoms with E-state index in [1.54, 1.807) is 0 Å². The first kappa shape index (κ1) is 19.9. The molecule has 0 aliphatic carbocycles. The molecule has 6 nitrogen and oxygen atoms in total. The maximum absolute atomic E-state index is 13.4. The highest BCUT2D eigenvalue weighted by Gasteiger charge is 2.32. The van der Waals surface area contributed by atoms with E-state index < -0.39 is 0 Å². The summed E-state index contributed by atoms with van der Waals surface area (Å²) in [7, 11) is 0. The molecule has 1 amide bonds. The van der Waals surface area contributed by atoms with E-state index >= 15 is 0 Å². The van der Waals surface area contributed by atoms with Crippen LogP contribution in [0, 0.1) is 12.8 Å². The number of para-hydroxylation sites is 1. The van der Waals surface area contributed by atoms with Crippen molar-refractivity contribution in [2.45, 2.75) is 39.2 Å². The highest BCUT2D eigenvalue weighted by molar-refractivity contribution is 5.96. The number of carbonyl (C=O) groups is 1. The molecule has 1 fully saturated rings. The molecule has 3 aromatic rings. The van der Waals surface area contributed by atoms with Gasteiger partial charge in [-0.25, -0.2) is 0 Å². The number of fused-ring (bicyclic) bond motifs is 1. The number of anilines is 1. The number of aryl methyl sites for hydroxylation is 2. The zero-order valence-electron chi connectivity index (χ0n) is 18.0. The van der Waals surface area contributed by atoms with Crippen LogP contribution in [-0.4, -0.2) is 40.6 Å². The lowest BCUT2D eigenvalue weighted by Crippen LogP contribution is -2.46. The summed E-state index contributed by atoms with van der Waals surface area (Å²) in [5, 5.41) is 4.15. The Balaban J connectivity index is 1.25. The molecule has 6 heteroatoms. The molecular formula is C25H28N4O2. The summed E-state index contributed by atoms with van der Waals surface area (Å²) in [6.45, 7) is 5.14. The third-order valence-corrected chi connectivity index (χ3v) is 6.37. The van der Waals surface area contributed by atoms with E-state index in [2.05, 4.69) is 40.2 Å². The van der Waals surface area contributed by atoms with Gasteiger partial charge in [0.15, 0.2) is 0 Å². The molecule has 2 aliphatic rings. The monoisotopic (exact) mass is 416 g/mol. The largest absolute Gasteiger partial charge is 0.338 e. The molecule has 5 rings (SSSR count). The van der Waals surface area contributed by atoms with Crippen molar-refractivity contribution in [1.29, 1.82) is 0 Å². The van der Waals surface area contributed by atoms with Gasteiger partial charge >= 0.3 is 0 Å². The quantitative estimate of drug-likeness (QED) is 0.637. The minimum atomic E-state index is 0.0133. The average molecular weight is 417 g/mol. The molecular weight excluding hydrogens is 388 g/mol. The third kappa shape index (κ3) is 4.26. The van der Waals surface area contributed by atoms with Gasteiger partial charge in [-0.15, -0.1) is 0 Å². The number of aromatic nitrogens is 2. The van der Waals surface area contributed by atoms with Gasteiger partial charge in [0.05, 0.1) is 12.5 Å². The van der Waals surface area contributed by atoms with Crippen LogP contribution in [0.25, 0.3) is 11.4 Å². The first-order valence-corrected chi connectivity index (χ1v) is 11.2. The zero-order chi connectivity index (χ0) is 21.2. The van der Waals surface area contributed by atoms with Crippen molar-refractivity contribution in [3.8, 4) is 11.4 Å². The van der Waals surface area contributed by atoms with Crippen LogP contribution in [0.4, 0.5) is 5.69 Å². The van der Waals surface area contributed by atoms with E-state index in [9.17, 15) is 4.79 Å². The number of hydrogen-bond acceptors (Lipinski definition) is 5. The lowest BCUT2D eigenvalue weighted by molar-refractivity contribution is -0.124. The zero-order valence-corrected chi connectivity index (χ0v) is 18.0. The van der Waals surface area contributed by atoms with Crippen molar-refractivity contribution in [2.75, 3.05) is 24.5 Å². The molecule has 1 unspecified atom stereocenters. The number of amides is 1. The van der Waals surface area contributed by atoms with Gasteiger partial charge in [-0.05, 0) is 50.8 Å². The third-order valence-electron chi connectivity index (χ3n) is 6.37. The number of piperidine rings is 1. The molecule has 1 aromatic heterocycles. The molecule has 0 spiro atoms. The number of nitrogens with zero attached hydrogens (tertiary/aromatic N) is 4. The summed E-state index contributed by atoms with van der Waals surface area (Å²) in [5.74, 6) is 1.48. The van der Waals surface area contributed by atoms with E-state index in [1.807, 2.05) is 35.2 Å². The van der Waals surface area contributed by atoms with Crippen molar-refractivity contribution in [2.24, 2.45) is 5.92 Å². The first-order valence-electron chi connectivity index (χ1n) is 11.2. The van der Waals surface area contributed by atoms with E-state index in [0.717, 1.165) is 56.6 Å². The topological polar surface area (TPSA) is 62.5 Å². The second kappa shape index (κ2) is 8.63. The van der Waals surface area contributed by atoms with Gasteiger partial charge in [0, 0.05) is 24.3 Å². The summed E-state index contributed by atoms with van der Waals surface area (Å²) in [6.07, 6.45) is 4.03. The van der Waals surface area contributed by atoms with Gasteiger partial charge in [0.1, 0.15) is 0 Å². The Kier molecular flexibility index (Phi) is 5.55. The number of carbonyl (C=O) groups excluding carboxylic acids is 1. The summed E-state index contributed by atoms with van der Waals surface area (Å²) >= 11 is 0. The van der Waals surface area contributed by atoms with E-state index in [-0.39, 0.29) is 11.8 Å². The second-order valence-corrected chi connectivity index (χ2v) is 8.67. The fraction of sp³-hybridized carbons (Fsp3) is 0.400. The average Bonchev–Trinajstić information content (AvgIpc) is 3.27. The summed E-state index contributed by atoms with van der Waals surface area (Å²) in [6, 6.07) is 16.4. The standard InChI is InChI=1S/C25H28N4O2/c1-18-10-12-20(13-11-18)24-26-23(31-27-24)17-28-14-4-8-21(16-28)25(30)29-15-5-7-19-6-2-3-9-22(19)29/h2-3,6,9-13,21H,4-5,7-8,14-17H2,1H3. The Labute approximate surface area is 182 Å². The molecule has 160 valence electrons. The predicted octanol–water partition coefficient (Wildman–Crippen LogP) is 4.24. The van der Waals surface area contributed by atoms with Gasteiger partial charge in [-0.1, -0.05) is 53.2 Å². The van der Waals surface area contributed by atoms with Gasteiger partial charge in [-0.2, -0.15) is 4.98 Å². The Morgan fingerprint density at radius 1 is 1.10 bits per heavy atom. The highest BCUT2D eigenvalue weighted by Crippen LogP contribution is 2.30. The van der Waals surface area contributed by atoms with Crippen LogP contribution in [0.2, 0.25) is 0 Å². The van der Waals surface area contributed by atoms with Crippen molar-refractivity contribution in [1.82, 2.24) is 15.0 Å². The van der Waals surface area contributed by atoms with Crippen LogP contribution in [0.15, 0.2) is 53.1 Å². The molecule has 1 saturated heterocycles. The van der Waals surface area contributed by atoms with Crippen molar-refractivity contribution < 1.29 is 9.32 Å². The molecule has 0 N–H and O–H groups in total. The lowest BCUT2D eigenvalue weighted by atomic mass is 9.94. The van der Waals surface area contributed by atoms with E-state index in [1.165, 1.54) is 11.1 Å². The summed E-state index contributed by atoms with van der Waals surface area (Å²) in [4.78, 5) is 22.2. The van der Waals surface area contributed by atoms with Crippen molar-refractivity contribution in [3.05, 3.63) is 65.5 Å². The minimum Gasteiger partial charge on any atom is -0.338 e. The van der Waals surface area contributed by atoms with Crippen LogP contribution in [0.3, 0.4) is 0 Å². The van der Waals surface area contributed by atoms with E-state index in [4.69, 9.17) is 4.52 Å². The van der Waals surface area contributed by atoms with Gasteiger partial charge in [0.25, 0.3) is 0 Å². The van der Waals surface area contributed by atoms with Gasteiger partial charge in [0.2, 0.25) is 17.6 Å². The molecule has 0 saturated carbocycles. The summed E-state index contributed by atoms with van der Waals surface area (Å²) in [5.41, 5.74) is 4.53. The second-order valence-electron chi connectivity index (χ2n) is 8.67. The molecule has 0 radical (unpaired) electrons. The maximum atomic E-state index is 13.4. The molecule has 31 heavy (non-hydrogen) atoms. The Morgan fingerprint density at radius 2 is 1.94 bits per heavy atom. The predicted molar refractivity (Wildman–Crippen MR) is 120 cm³/mol. The number of rotatable bonds is 4. The fourth-order valence-corrected chi connectivity index (χ4v) is 4.71. The number of likely N-dealkylation sites (tertiary alicyclic amines) is 1. The van der Waals surface area contributed by atoms with E-state index in [0.29, 0.717) is 18.3 Å². The Bertz CT molecular complexity index is 1060. The highest BCUT2D eigenvalue weighted by atomic mass is 16.5. The van der Waals surface area contributed by atoms with Crippen molar-refractivity contribution >= 4 is 11.6 Å². The maximum Gasteiger partial charge on any atom is 0.241 e. The first-order chi connectivity index (χ1) is 15.2. The Morgan fingerprint density at radius 3 is 2.81 bits per heavy atom. The van der Waals surface area contributed by atoms with Crippen LogP contribution >= 0.6 is 0 Å². The molecule has 1 atom stereocenters. The van der Waals surface area contributed by atoms with Crippen LogP contribution in [0.5, 0.6) is 0 Å². The fourth-order valence-electron chi connectivity index (χ4n) is 4.71. The SMILES string of the molecule is Cc1ccc(-c2noc(CN3CCCC(C(=O)N4CCCc5ccccc54)C3)n2)cc1. The Hall–Kier alpha value is -2.99. The lowest BCUT2D eigenvalue weighted by Gasteiger charge is -2.36. The smallest absolute Gasteiger partial charge is 0.241 e. The normalized spacial score (nSPS) is 19.3. The van der Waals surface area contributed by atoms with Gasteiger partial charge < -0.3 is 9.42 Å². The number of benzene rings is 2. The number of hydrogen-bond donors (Lipinski definition) is 0. The molecule has 0 bridgehead atoms. The summed E-state index contributed by atoms with van der Waals surface area (Å²) < 4.78 is 5.51. The van der Waals surface area contributed by atoms with Crippen LogP contribution in [0.1, 0.15) is 36.3 Å². The van der Waals surface area contributed by atoms with Crippen LogP contribution in [-0.2, 0) is 17.8 Å². The van der Waals surface area contributed by atoms with Crippen LogP contribution < -0.4 is 4.90 Å². The molecule has 2 aliphatic heterocycles. The molecule has 3 heterocycles. The van der Waals surface area contributed by atoms with Gasteiger partial charge in [-0.3, -0.25) is 9.69 Å². The minimum absolute atomic E-state index is 0.0133. The molecule has 2 aromatic carbocycles. The van der Waals surface area contributed by atoms with Crippen molar-refractivity contribution in [3.63, 3.8) is 0 Å².